The average molecular weight is 594 g/mol. The zero-order valence-corrected chi connectivity index (χ0v) is 26.0. The van der Waals surface area contributed by atoms with Gasteiger partial charge in [0.25, 0.3) is 5.91 Å². The molecule has 6 rings (SSSR count). The van der Waals surface area contributed by atoms with E-state index in [0.717, 1.165) is 39.0 Å². The summed E-state index contributed by atoms with van der Waals surface area (Å²) in [5.74, 6) is 0.816. The highest BCUT2D eigenvalue weighted by molar-refractivity contribution is 5.97. The molecule has 2 aliphatic carbocycles. The third-order valence-corrected chi connectivity index (χ3v) is 8.16. The average Bonchev–Trinajstić information content (AvgIpc) is 3.03. The summed E-state index contributed by atoms with van der Waals surface area (Å²) in [6, 6.07) is 10.9. The highest BCUT2D eigenvalue weighted by Gasteiger charge is 2.21. The normalized spacial score (nSPS) is 11.3. The zero-order valence-electron chi connectivity index (χ0n) is 26.0. The van der Waals surface area contributed by atoms with Gasteiger partial charge < -0.3 is 19.3 Å². The molecule has 2 aliphatic heterocycles. The Balaban J connectivity index is 0.000000181. The Hall–Kier alpha value is -4.89. The van der Waals surface area contributed by atoms with Gasteiger partial charge in [0.2, 0.25) is 0 Å². The van der Waals surface area contributed by atoms with Crippen LogP contribution in [0.1, 0.15) is 55.7 Å². The number of nitrogens with one attached hydrogen (secondary N) is 1. The van der Waals surface area contributed by atoms with Crippen molar-refractivity contribution in [3.8, 4) is 22.9 Å². The number of aryl methyl sites for hydroxylation is 1. The molecule has 0 saturated carbocycles. The molecule has 2 N–H and O–H groups in total. The number of rotatable bonds is 4. The molecule has 0 bridgehead atoms. The number of aliphatic hydroxyl groups excluding tert-OH is 1. The lowest BCUT2D eigenvalue weighted by atomic mass is 9.99. The minimum Gasteiger partial charge on any atom is -0.452 e. The van der Waals surface area contributed by atoms with Crippen LogP contribution in [0.25, 0.3) is 45.1 Å². The second-order valence-electron chi connectivity index (χ2n) is 11.2. The van der Waals surface area contributed by atoms with Gasteiger partial charge in [-0.25, -0.2) is 9.97 Å². The summed E-state index contributed by atoms with van der Waals surface area (Å²) in [7, 11) is 0. The van der Waals surface area contributed by atoms with Crippen molar-refractivity contribution in [2.45, 2.75) is 54.9 Å². The van der Waals surface area contributed by atoms with Crippen LogP contribution in [-0.4, -0.2) is 34.1 Å². The van der Waals surface area contributed by atoms with Crippen molar-refractivity contribution in [2.24, 2.45) is 0 Å². The molecule has 0 radical (unpaired) electrons. The maximum atomic E-state index is 12.3. The lowest BCUT2D eigenvalue weighted by Crippen LogP contribution is -2.24. The van der Waals surface area contributed by atoms with Crippen molar-refractivity contribution in [1.29, 1.82) is 0 Å². The summed E-state index contributed by atoms with van der Waals surface area (Å²) in [5.41, 5.74) is 9.90. The first-order chi connectivity index (χ1) is 20.9. The van der Waals surface area contributed by atoms with E-state index >= 15 is 0 Å². The Kier molecular flexibility index (Phi) is 8.34. The molecule has 0 unspecified atom stereocenters. The fourth-order valence-electron chi connectivity index (χ4n) is 5.15. The predicted octanol–water partition coefficient (Wildman–Crippen LogP) is 5.86. The maximum absolute atomic E-state index is 12.3. The first-order valence-electron chi connectivity index (χ1n) is 14.5. The predicted molar refractivity (Wildman–Crippen MR) is 171 cm³/mol. The van der Waals surface area contributed by atoms with Gasteiger partial charge in [0, 0.05) is 41.0 Å². The SMILES string of the molecule is Cc1c2nc3ccc(C(=O)NCCCO)cc3oc-2c(C)c(=O)c1C.Cc1ccc2nc3c(C)c(C)c(=O)c(C)c-3oc2c1. The van der Waals surface area contributed by atoms with Crippen LogP contribution in [-0.2, 0) is 0 Å². The summed E-state index contributed by atoms with van der Waals surface area (Å²) in [6.45, 7) is 13.4. The van der Waals surface area contributed by atoms with E-state index in [1.165, 1.54) is 0 Å². The Labute approximate surface area is 254 Å². The molecule has 9 heteroatoms. The van der Waals surface area contributed by atoms with Crippen LogP contribution < -0.4 is 16.2 Å². The Morgan fingerprint density at radius 3 is 1.73 bits per heavy atom. The van der Waals surface area contributed by atoms with Crippen molar-refractivity contribution in [3.63, 3.8) is 0 Å². The fraction of sp³-hybridized carbons (Fsp3) is 0.286. The molecule has 0 atom stereocenters. The third kappa shape index (κ3) is 5.46. The van der Waals surface area contributed by atoms with E-state index in [2.05, 4.69) is 15.3 Å². The smallest absolute Gasteiger partial charge is 0.251 e. The molecule has 44 heavy (non-hydrogen) atoms. The first kappa shape index (κ1) is 30.6. The van der Waals surface area contributed by atoms with Gasteiger partial charge in [0.05, 0.1) is 0 Å². The van der Waals surface area contributed by atoms with Crippen LogP contribution in [0.2, 0.25) is 0 Å². The lowest BCUT2D eigenvalue weighted by molar-refractivity contribution is 0.0951. The number of aromatic nitrogens is 2. The van der Waals surface area contributed by atoms with Gasteiger partial charge >= 0.3 is 0 Å². The molecular weight excluding hydrogens is 558 g/mol. The van der Waals surface area contributed by atoms with E-state index in [1.54, 1.807) is 39.0 Å². The van der Waals surface area contributed by atoms with Gasteiger partial charge in [-0.1, -0.05) is 6.07 Å². The van der Waals surface area contributed by atoms with E-state index in [9.17, 15) is 14.4 Å². The molecule has 2 heterocycles. The number of hydrogen-bond acceptors (Lipinski definition) is 8. The van der Waals surface area contributed by atoms with Gasteiger partial charge in [-0.2, -0.15) is 0 Å². The molecule has 226 valence electrons. The molecular formula is C35H35N3O6. The van der Waals surface area contributed by atoms with Gasteiger partial charge in [-0.3, -0.25) is 14.4 Å². The van der Waals surface area contributed by atoms with Gasteiger partial charge in [-0.15, -0.1) is 0 Å². The van der Waals surface area contributed by atoms with Crippen molar-refractivity contribution in [1.82, 2.24) is 15.3 Å². The van der Waals surface area contributed by atoms with E-state index in [-0.39, 0.29) is 23.4 Å². The summed E-state index contributed by atoms with van der Waals surface area (Å²) in [5, 5.41) is 11.5. The number of carbonyl (C=O) groups is 1. The molecule has 2 aromatic carbocycles. The summed E-state index contributed by atoms with van der Waals surface area (Å²) >= 11 is 0. The standard InChI is InChI=1S/C19H20N2O4.C16H15NO2/c1-10-11(2)17(23)12(3)18-16(10)21-14-6-5-13(9-15(14)25-18)19(24)20-7-4-8-22;1-8-5-6-12-13(7-8)19-16-11(4)15(18)10(3)9(2)14(16)17-12/h5-6,9,22H,4,7-8H2,1-3H3,(H,20,24);5-7H,1-4H3. The number of amides is 1. The molecule has 2 aromatic rings. The third-order valence-electron chi connectivity index (χ3n) is 8.16. The lowest BCUT2D eigenvalue weighted by Gasteiger charge is -2.13. The molecule has 4 aliphatic rings. The second kappa shape index (κ2) is 12.0. The largest absolute Gasteiger partial charge is 0.452 e. The Bertz CT molecular complexity index is 2130. The van der Waals surface area contributed by atoms with Crippen LogP contribution >= 0.6 is 0 Å². The highest BCUT2D eigenvalue weighted by Crippen LogP contribution is 2.32. The molecule has 0 aromatic heterocycles. The summed E-state index contributed by atoms with van der Waals surface area (Å²) < 4.78 is 11.8. The van der Waals surface area contributed by atoms with Crippen LogP contribution in [0.4, 0.5) is 0 Å². The maximum Gasteiger partial charge on any atom is 0.251 e. The molecule has 0 saturated heterocycles. The van der Waals surface area contributed by atoms with Crippen molar-refractivity contribution in [2.75, 3.05) is 13.2 Å². The van der Waals surface area contributed by atoms with Crippen molar-refractivity contribution < 1.29 is 18.7 Å². The Morgan fingerprint density at radius 2 is 1.20 bits per heavy atom. The number of hydrogen-bond donors (Lipinski definition) is 2. The van der Waals surface area contributed by atoms with E-state index in [4.69, 9.17) is 13.9 Å². The molecule has 1 amide bonds. The quantitative estimate of drug-likeness (QED) is 0.192. The van der Waals surface area contributed by atoms with Crippen molar-refractivity contribution >= 4 is 28.1 Å². The number of aliphatic hydroxyl groups is 1. The van der Waals surface area contributed by atoms with E-state index in [0.29, 0.717) is 63.5 Å². The summed E-state index contributed by atoms with van der Waals surface area (Å²) in [6.07, 6.45) is 0.500. The monoisotopic (exact) mass is 593 g/mol. The highest BCUT2D eigenvalue weighted by atomic mass is 16.3. The van der Waals surface area contributed by atoms with Crippen LogP contribution in [0.15, 0.2) is 54.8 Å². The number of nitrogens with zero attached hydrogens (tertiary/aromatic N) is 2. The van der Waals surface area contributed by atoms with E-state index in [1.807, 2.05) is 45.9 Å². The number of carbonyl (C=O) groups excluding carboxylic acids is 1. The van der Waals surface area contributed by atoms with Crippen LogP contribution in [0, 0.1) is 48.5 Å². The fourth-order valence-corrected chi connectivity index (χ4v) is 5.15. The molecule has 0 spiro atoms. The molecule has 9 nitrogen and oxygen atoms in total. The first-order valence-corrected chi connectivity index (χ1v) is 14.5. The minimum atomic E-state index is -0.244. The van der Waals surface area contributed by atoms with Crippen molar-refractivity contribution in [3.05, 3.63) is 101 Å². The number of fused-ring (bicyclic) bond motifs is 4. The topological polar surface area (TPSA) is 136 Å². The zero-order chi connectivity index (χ0) is 31.9. The second-order valence-corrected chi connectivity index (χ2v) is 11.2. The van der Waals surface area contributed by atoms with E-state index < -0.39 is 0 Å². The minimum absolute atomic E-state index is 0.0266. The van der Waals surface area contributed by atoms with Gasteiger partial charge in [0.1, 0.15) is 22.4 Å². The number of benzene rings is 4. The van der Waals surface area contributed by atoms with Gasteiger partial charge in [-0.05, 0) is 102 Å². The van der Waals surface area contributed by atoms with Gasteiger partial charge in [0.15, 0.2) is 33.5 Å². The van der Waals surface area contributed by atoms with Crippen LogP contribution in [0.5, 0.6) is 0 Å². The Morgan fingerprint density at radius 1 is 0.705 bits per heavy atom. The van der Waals surface area contributed by atoms with Crippen LogP contribution in [0.3, 0.4) is 0 Å². The molecule has 0 fully saturated rings. The summed E-state index contributed by atoms with van der Waals surface area (Å²) in [4.78, 5) is 45.8.